The van der Waals surface area contributed by atoms with Crippen LogP contribution in [-0.2, 0) is 16.0 Å². The summed E-state index contributed by atoms with van der Waals surface area (Å²) in [5.74, 6) is -0.980. The number of Topliss-reactive ketones (excluding diaryl/α,β-unsaturated/α-hetero) is 1. The maximum Gasteiger partial charge on any atom is 0.320 e. The highest BCUT2D eigenvalue weighted by Gasteiger charge is 2.15. The number of carbonyl (C=O) groups is 2. The minimum Gasteiger partial charge on any atom is -0.480 e. The molecule has 2 atom stereocenters. The molecule has 0 aliphatic heterocycles. The highest BCUT2D eigenvalue weighted by molar-refractivity contribution is 14.1. The van der Waals surface area contributed by atoms with E-state index in [0.717, 1.165) is 12.8 Å². The number of ketones is 1. The van der Waals surface area contributed by atoms with E-state index in [2.05, 4.69) is 46.9 Å². The summed E-state index contributed by atoms with van der Waals surface area (Å²) in [6, 6.07) is 6.85. The number of aryl methyl sites for hydroxylation is 1. The van der Waals surface area contributed by atoms with E-state index in [1.165, 1.54) is 9.13 Å². The van der Waals surface area contributed by atoms with Crippen LogP contribution in [0.3, 0.4) is 0 Å². The smallest absolute Gasteiger partial charge is 0.320 e. The lowest BCUT2D eigenvalue weighted by Gasteiger charge is -2.11. The molecule has 0 aliphatic rings. The summed E-state index contributed by atoms with van der Waals surface area (Å²) >= 11 is 2.26. The molecule has 0 fully saturated rings. The van der Waals surface area contributed by atoms with Crippen LogP contribution in [0.2, 0.25) is 0 Å². The minimum absolute atomic E-state index is 0.0365. The van der Waals surface area contributed by atoms with Crippen LogP contribution >= 0.6 is 22.6 Å². The Bertz CT molecular complexity index is 491. The van der Waals surface area contributed by atoms with Gasteiger partial charge < -0.3 is 16.6 Å². The first-order valence-corrected chi connectivity index (χ1v) is 8.49. The predicted molar refractivity (Wildman–Crippen MR) is 94.5 cm³/mol. The number of carbonyl (C=O) groups excluding carboxylic acids is 1. The number of aliphatic carboxylic acids is 1. The number of hydrogen-bond acceptors (Lipinski definition) is 4. The van der Waals surface area contributed by atoms with E-state index in [1.807, 2.05) is 0 Å². The fourth-order valence-corrected chi connectivity index (χ4v) is 2.50. The molecule has 0 aromatic heterocycles. The third kappa shape index (κ3) is 7.33. The Morgan fingerprint density at radius 1 is 1.05 bits per heavy atom. The van der Waals surface area contributed by atoms with Gasteiger partial charge in [-0.3, -0.25) is 9.59 Å². The third-order valence-electron chi connectivity index (χ3n) is 3.56. The van der Waals surface area contributed by atoms with Gasteiger partial charge in [0, 0.05) is 9.99 Å². The summed E-state index contributed by atoms with van der Waals surface area (Å²) in [5.41, 5.74) is 12.5. The number of carboxylic acids is 1. The molecule has 1 aromatic carbocycles. The van der Waals surface area contributed by atoms with E-state index in [0.29, 0.717) is 25.7 Å². The fourth-order valence-electron chi connectivity index (χ4n) is 2.15. The van der Waals surface area contributed by atoms with Crippen molar-refractivity contribution in [3.8, 4) is 0 Å². The van der Waals surface area contributed by atoms with Gasteiger partial charge in [0.15, 0.2) is 0 Å². The number of halogens is 1. The summed E-state index contributed by atoms with van der Waals surface area (Å²) in [5, 5.41) is 8.67. The quantitative estimate of drug-likeness (QED) is 0.505. The highest BCUT2D eigenvalue weighted by Crippen LogP contribution is 2.11. The number of hydrogen-bond donors (Lipinski definition) is 3. The van der Waals surface area contributed by atoms with Gasteiger partial charge in [-0.15, -0.1) is 0 Å². The Morgan fingerprint density at radius 3 is 2.23 bits per heavy atom. The van der Waals surface area contributed by atoms with Crippen LogP contribution in [0.5, 0.6) is 0 Å². The molecule has 5 nitrogen and oxygen atoms in total. The molecule has 5 N–H and O–H groups in total. The SMILES string of the molecule is NC(CCC[C@H](N)C(=O)O)C(=O)CCCc1ccc(I)cc1. The molecule has 1 rings (SSSR count). The number of carboxylic acid groups (broad SMARTS) is 1. The van der Waals surface area contributed by atoms with Crippen molar-refractivity contribution in [2.24, 2.45) is 11.5 Å². The zero-order valence-electron chi connectivity index (χ0n) is 12.5. The molecule has 0 saturated heterocycles. The minimum atomic E-state index is -1.02. The zero-order valence-corrected chi connectivity index (χ0v) is 14.7. The topological polar surface area (TPSA) is 106 Å². The molecule has 0 spiro atoms. The maximum atomic E-state index is 11.9. The number of nitrogens with two attached hydrogens (primary N) is 2. The van der Waals surface area contributed by atoms with Crippen LogP contribution < -0.4 is 11.5 Å². The van der Waals surface area contributed by atoms with Gasteiger partial charge in [0.25, 0.3) is 0 Å². The van der Waals surface area contributed by atoms with E-state index in [-0.39, 0.29) is 5.78 Å². The summed E-state index contributed by atoms with van der Waals surface area (Å²) in [6.45, 7) is 0. The second-order valence-corrected chi connectivity index (χ2v) is 6.67. The Kier molecular flexibility index (Phi) is 8.59. The van der Waals surface area contributed by atoms with Crippen LogP contribution in [-0.4, -0.2) is 28.9 Å². The molecule has 0 radical (unpaired) electrons. The number of benzene rings is 1. The summed E-state index contributed by atoms with van der Waals surface area (Å²) in [7, 11) is 0. The molecule has 6 heteroatoms. The van der Waals surface area contributed by atoms with Crippen molar-refractivity contribution in [1.82, 2.24) is 0 Å². The van der Waals surface area contributed by atoms with Crippen molar-refractivity contribution in [2.75, 3.05) is 0 Å². The van der Waals surface area contributed by atoms with Crippen molar-refractivity contribution in [3.63, 3.8) is 0 Å². The molecule has 0 aliphatic carbocycles. The Balaban J connectivity index is 2.21. The van der Waals surface area contributed by atoms with Crippen LogP contribution in [0.1, 0.15) is 37.7 Å². The second kappa shape index (κ2) is 9.91. The maximum absolute atomic E-state index is 11.9. The summed E-state index contributed by atoms with van der Waals surface area (Å²) in [6.07, 6.45) is 3.49. The molecule has 0 heterocycles. The Hall–Kier alpha value is -0.990. The van der Waals surface area contributed by atoms with Gasteiger partial charge in [-0.1, -0.05) is 12.1 Å². The monoisotopic (exact) mass is 418 g/mol. The third-order valence-corrected chi connectivity index (χ3v) is 4.28. The van der Waals surface area contributed by atoms with Crippen LogP contribution in [0, 0.1) is 3.57 Å². The van der Waals surface area contributed by atoms with Crippen LogP contribution in [0.15, 0.2) is 24.3 Å². The lowest BCUT2D eigenvalue weighted by atomic mass is 9.99. The average Bonchev–Trinajstić information content (AvgIpc) is 2.48. The van der Waals surface area contributed by atoms with Crippen LogP contribution in [0.4, 0.5) is 0 Å². The number of rotatable bonds is 10. The van der Waals surface area contributed by atoms with Crippen molar-refractivity contribution >= 4 is 34.3 Å². The van der Waals surface area contributed by atoms with Gasteiger partial charge in [0.1, 0.15) is 11.8 Å². The van der Waals surface area contributed by atoms with Gasteiger partial charge in [-0.2, -0.15) is 0 Å². The molecular formula is C16H23IN2O3. The molecule has 0 saturated carbocycles. The van der Waals surface area contributed by atoms with Gasteiger partial charge in [0.05, 0.1) is 6.04 Å². The molecule has 0 bridgehead atoms. The second-order valence-electron chi connectivity index (χ2n) is 5.43. The van der Waals surface area contributed by atoms with Gasteiger partial charge in [0.2, 0.25) is 0 Å². The molecule has 22 heavy (non-hydrogen) atoms. The largest absolute Gasteiger partial charge is 0.480 e. The predicted octanol–water partition coefficient (Wildman–Crippen LogP) is 2.09. The lowest BCUT2D eigenvalue weighted by Crippen LogP contribution is -2.33. The first kappa shape index (κ1) is 19.1. The molecule has 1 aromatic rings. The van der Waals surface area contributed by atoms with Gasteiger partial charge in [-0.25, -0.2) is 0 Å². The summed E-state index contributed by atoms with van der Waals surface area (Å²) < 4.78 is 1.19. The standard InChI is InChI=1S/C16H23IN2O3/c17-12-9-7-11(8-10-12)3-1-6-15(20)13(18)4-2-5-14(19)16(21)22/h7-10,13-14H,1-6,18-19H2,(H,21,22)/t13?,14-/m0/s1. The van der Waals surface area contributed by atoms with E-state index in [4.69, 9.17) is 16.6 Å². The first-order valence-electron chi connectivity index (χ1n) is 7.41. The van der Waals surface area contributed by atoms with Crippen molar-refractivity contribution < 1.29 is 14.7 Å². The molecule has 122 valence electrons. The summed E-state index contributed by atoms with van der Waals surface area (Å²) in [4.78, 5) is 22.5. The van der Waals surface area contributed by atoms with Gasteiger partial charge >= 0.3 is 5.97 Å². The van der Waals surface area contributed by atoms with E-state index >= 15 is 0 Å². The average molecular weight is 418 g/mol. The van der Waals surface area contributed by atoms with Crippen LogP contribution in [0.25, 0.3) is 0 Å². The normalized spacial score (nSPS) is 13.6. The molecule has 1 unspecified atom stereocenters. The van der Waals surface area contributed by atoms with Crippen molar-refractivity contribution in [3.05, 3.63) is 33.4 Å². The van der Waals surface area contributed by atoms with E-state index < -0.39 is 18.1 Å². The molecular weight excluding hydrogens is 395 g/mol. The van der Waals surface area contributed by atoms with E-state index in [9.17, 15) is 9.59 Å². The Morgan fingerprint density at radius 2 is 1.64 bits per heavy atom. The van der Waals surface area contributed by atoms with Crippen molar-refractivity contribution in [1.29, 1.82) is 0 Å². The van der Waals surface area contributed by atoms with E-state index in [1.54, 1.807) is 0 Å². The zero-order chi connectivity index (χ0) is 16.5. The molecule has 0 amide bonds. The van der Waals surface area contributed by atoms with Gasteiger partial charge in [-0.05, 0) is 72.4 Å². The van der Waals surface area contributed by atoms with Crippen molar-refractivity contribution in [2.45, 2.75) is 50.6 Å². The first-order chi connectivity index (χ1) is 10.4. The highest BCUT2D eigenvalue weighted by atomic mass is 127. The fraction of sp³-hybridized carbons (Fsp3) is 0.500. The Labute approximate surface area is 144 Å². The lowest BCUT2D eigenvalue weighted by molar-refractivity contribution is -0.138.